The molecule has 1 amide bonds. The van der Waals surface area contributed by atoms with Gasteiger partial charge in [-0.25, -0.2) is 0 Å². The van der Waals surface area contributed by atoms with Crippen molar-refractivity contribution in [1.82, 2.24) is 0 Å². The predicted molar refractivity (Wildman–Crippen MR) is 105 cm³/mol. The fourth-order valence-electron chi connectivity index (χ4n) is 2.71. The lowest BCUT2D eigenvalue weighted by molar-refractivity contribution is -0.274. The minimum Gasteiger partial charge on any atom is -0.486 e. The lowest BCUT2D eigenvalue weighted by atomic mass is 10.1. The molecule has 8 heteroatoms. The number of alkyl halides is 3. The molecule has 0 saturated heterocycles. The maximum Gasteiger partial charge on any atom is 0.573 e. The van der Waals surface area contributed by atoms with Crippen molar-refractivity contribution >= 4 is 11.6 Å². The van der Waals surface area contributed by atoms with Gasteiger partial charge in [0.25, 0.3) is 5.91 Å². The zero-order valence-corrected chi connectivity index (χ0v) is 16.2. The summed E-state index contributed by atoms with van der Waals surface area (Å²) in [4.78, 5) is 12.3. The number of nitrogens with one attached hydrogen (secondary N) is 1. The van der Waals surface area contributed by atoms with E-state index < -0.39 is 12.3 Å². The first-order chi connectivity index (χ1) is 14.3. The van der Waals surface area contributed by atoms with Crippen LogP contribution in [0.3, 0.4) is 0 Å². The maximum absolute atomic E-state index is 12.3. The lowest BCUT2D eigenvalue weighted by Crippen LogP contribution is -2.17. The van der Waals surface area contributed by atoms with E-state index in [1.54, 1.807) is 6.07 Å². The fraction of sp³-hybridized carbons (Fsp3) is 0.227. The highest BCUT2D eigenvalue weighted by atomic mass is 19.4. The molecule has 3 rings (SSSR count). The van der Waals surface area contributed by atoms with Gasteiger partial charge >= 0.3 is 6.36 Å². The zero-order valence-electron chi connectivity index (χ0n) is 16.2. The molecule has 0 radical (unpaired) electrons. The van der Waals surface area contributed by atoms with Crippen LogP contribution in [0.4, 0.5) is 18.9 Å². The van der Waals surface area contributed by atoms with Crippen LogP contribution in [0.15, 0.2) is 65.1 Å². The van der Waals surface area contributed by atoms with Crippen molar-refractivity contribution in [3.63, 3.8) is 0 Å². The van der Waals surface area contributed by atoms with Crippen LogP contribution < -0.4 is 14.8 Å². The van der Waals surface area contributed by atoms with Crippen LogP contribution in [0.1, 0.15) is 35.2 Å². The number of benzene rings is 2. The number of rotatable bonds is 8. The average Bonchev–Trinajstić information content (AvgIpc) is 3.17. The number of halogens is 3. The van der Waals surface area contributed by atoms with Crippen LogP contribution in [0, 0.1) is 0 Å². The van der Waals surface area contributed by atoms with Crippen LogP contribution in [0.25, 0.3) is 0 Å². The van der Waals surface area contributed by atoms with Crippen molar-refractivity contribution in [3.8, 4) is 11.5 Å². The molecule has 0 spiro atoms. The summed E-state index contributed by atoms with van der Waals surface area (Å²) in [6.07, 6.45) is -2.69. The van der Waals surface area contributed by atoms with Crippen molar-refractivity contribution in [2.45, 2.75) is 32.7 Å². The Kier molecular flexibility index (Phi) is 6.66. The van der Waals surface area contributed by atoms with Gasteiger partial charge < -0.3 is 19.2 Å². The van der Waals surface area contributed by atoms with Crippen molar-refractivity contribution in [1.29, 1.82) is 0 Å². The molecule has 0 saturated carbocycles. The number of furan rings is 1. The molecule has 0 unspecified atom stereocenters. The van der Waals surface area contributed by atoms with E-state index in [-0.39, 0.29) is 18.1 Å². The van der Waals surface area contributed by atoms with Crippen LogP contribution in [-0.2, 0) is 13.0 Å². The van der Waals surface area contributed by atoms with Crippen LogP contribution >= 0.6 is 0 Å². The number of hydrogen-bond donors (Lipinski definition) is 1. The summed E-state index contributed by atoms with van der Waals surface area (Å²) in [5.74, 6) is 0.308. The predicted octanol–water partition coefficient (Wildman–Crippen LogP) is 5.96. The van der Waals surface area contributed by atoms with E-state index in [2.05, 4.69) is 17.0 Å². The van der Waals surface area contributed by atoms with Crippen LogP contribution in [0.5, 0.6) is 11.5 Å². The van der Waals surface area contributed by atoms with Gasteiger partial charge in [0, 0.05) is 5.69 Å². The zero-order chi connectivity index (χ0) is 21.6. The molecule has 5 nitrogen and oxygen atoms in total. The van der Waals surface area contributed by atoms with E-state index in [1.807, 2.05) is 24.3 Å². The maximum atomic E-state index is 12.3. The quantitative estimate of drug-likeness (QED) is 0.489. The number of amides is 1. The van der Waals surface area contributed by atoms with Crippen LogP contribution in [0.2, 0.25) is 0 Å². The molecular weight excluding hydrogens is 399 g/mol. The van der Waals surface area contributed by atoms with Gasteiger partial charge in [-0.2, -0.15) is 0 Å². The Balaban J connectivity index is 1.53. The molecule has 0 aliphatic rings. The van der Waals surface area contributed by atoms with Gasteiger partial charge in [-0.15, -0.1) is 13.2 Å². The average molecular weight is 419 g/mol. The number of hydrogen-bond acceptors (Lipinski definition) is 4. The molecule has 0 atom stereocenters. The third-order valence-corrected chi connectivity index (χ3v) is 4.07. The van der Waals surface area contributed by atoms with E-state index in [0.29, 0.717) is 17.2 Å². The third kappa shape index (κ3) is 6.30. The Labute approximate surface area is 171 Å². The van der Waals surface area contributed by atoms with Crippen molar-refractivity contribution in [2.75, 3.05) is 5.32 Å². The number of ether oxygens (including phenoxy) is 2. The van der Waals surface area contributed by atoms with E-state index in [9.17, 15) is 18.0 Å². The second kappa shape index (κ2) is 9.39. The summed E-state index contributed by atoms with van der Waals surface area (Å²) < 4.78 is 51.5. The summed E-state index contributed by atoms with van der Waals surface area (Å²) in [7, 11) is 0. The van der Waals surface area contributed by atoms with Crippen molar-refractivity contribution < 1.29 is 31.9 Å². The molecule has 2 aromatic carbocycles. The summed E-state index contributed by atoms with van der Waals surface area (Å²) in [6.45, 7) is 2.27. The Morgan fingerprint density at radius 3 is 2.27 bits per heavy atom. The molecule has 0 fully saturated rings. The Bertz CT molecular complexity index is 963. The van der Waals surface area contributed by atoms with Gasteiger partial charge in [0.05, 0.1) is 0 Å². The van der Waals surface area contributed by atoms with Crippen molar-refractivity contribution in [3.05, 3.63) is 77.7 Å². The number of aryl methyl sites for hydroxylation is 1. The monoisotopic (exact) mass is 419 g/mol. The molecule has 0 aliphatic carbocycles. The van der Waals surface area contributed by atoms with Gasteiger partial charge in [0.2, 0.25) is 0 Å². The summed E-state index contributed by atoms with van der Waals surface area (Å²) in [5.41, 5.74) is 1.54. The molecule has 0 bridgehead atoms. The lowest BCUT2D eigenvalue weighted by Gasteiger charge is -2.09. The number of anilines is 1. The Morgan fingerprint density at radius 2 is 1.63 bits per heavy atom. The normalized spacial score (nSPS) is 11.2. The summed E-state index contributed by atoms with van der Waals surface area (Å²) in [5, 5.41) is 2.54. The second-order valence-electron chi connectivity index (χ2n) is 6.47. The molecule has 158 valence electrons. The van der Waals surface area contributed by atoms with E-state index in [0.717, 1.165) is 25.0 Å². The molecule has 30 heavy (non-hydrogen) atoms. The van der Waals surface area contributed by atoms with Gasteiger partial charge in [-0.05, 0) is 60.5 Å². The van der Waals surface area contributed by atoms with Crippen molar-refractivity contribution in [2.24, 2.45) is 0 Å². The Hall–Kier alpha value is -3.42. The SMILES string of the molecule is CCCc1ccc(OCc2ccc(C(=O)Nc3ccc(OC(F)(F)F)cc3)o2)cc1. The molecule has 1 heterocycles. The van der Waals surface area contributed by atoms with Gasteiger partial charge in [-0.3, -0.25) is 4.79 Å². The van der Waals surface area contributed by atoms with Gasteiger partial charge in [0.1, 0.15) is 23.9 Å². The summed E-state index contributed by atoms with van der Waals surface area (Å²) >= 11 is 0. The van der Waals surface area contributed by atoms with E-state index >= 15 is 0 Å². The minimum atomic E-state index is -4.77. The fourth-order valence-corrected chi connectivity index (χ4v) is 2.71. The molecule has 0 aliphatic heterocycles. The third-order valence-electron chi connectivity index (χ3n) is 4.07. The van der Waals surface area contributed by atoms with E-state index in [1.165, 1.54) is 23.8 Å². The highest BCUT2D eigenvalue weighted by Crippen LogP contribution is 2.24. The first kappa shape index (κ1) is 21.3. The van der Waals surface area contributed by atoms with Crippen LogP contribution in [-0.4, -0.2) is 12.3 Å². The molecule has 1 aromatic heterocycles. The largest absolute Gasteiger partial charge is 0.573 e. The van der Waals surface area contributed by atoms with Gasteiger partial charge in [-0.1, -0.05) is 25.5 Å². The second-order valence-corrected chi connectivity index (χ2v) is 6.47. The summed E-state index contributed by atoms with van der Waals surface area (Å²) in [6, 6.07) is 15.7. The molecule has 1 N–H and O–H groups in total. The van der Waals surface area contributed by atoms with Gasteiger partial charge in [0.15, 0.2) is 5.76 Å². The number of carbonyl (C=O) groups is 1. The van der Waals surface area contributed by atoms with E-state index in [4.69, 9.17) is 9.15 Å². The topological polar surface area (TPSA) is 60.7 Å². The highest BCUT2D eigenvalue weighted by Gasteiger charge is 2.31. The smallest absolute Gasteiger partial charge is 0.486 e. The number of carbonyl (C=O) groups excluding carboxylic acids is 1. The molecular formula is C22H20F3NO4. The first-order valence-corrected chi connectivity index (χ1v) is 9.30. The standard InChI is InChI=1S/C22H20F3NO4/c1-2-3-15-4-8-17(9-5-15)28-14-19-12-13-20(29-19)21(27)26-16-6-10-18(11-7-16)30-22(23,24)25/h4-13H,2-3,14H2,1H3,(H,26,27). The Morgan fingerprint density at radius 1 is 0.967 bits per heavy atom. The first-order valence-electron chi connectivity index (χ1n) is 9.30. The molecule has 3 aromatic rings. The minimum absolute atomic E-state index is 0.0579. The highest BCUT2D eigenvalue weighted by molar-refractivity contribution is 6.02.